The largest absolute Gasteiger partial charge is 0.385 e. The predicted molar refractivity (Wildman–Crippen MR) is 61.1 cm³/mol. The van der Waals surface area contributed by atoms with E-state index in [2.05, 4.69) is 14.6 Å². The summed E-state index contributed by atoms with van der Waals surface area (Å²) in [5.74, 6) is -1.22. The lowest BCUT2D eigenvalue weighted by molar-refractivity contribution is -0.130. The minimum absolute atomic E-state index is 0.327. The zero-order valence-corrected chi connectivity index (χ0v) is 10.7. The molecule has 0 bridgehead atoms. The monoisotopic (exact) mass is 304 g/mol. The maximum Gasteiger partial charge on any atom is 0.288 e. The second-order valence-electron chi connectivity index (χ2n) is 3.96. The van der Waals surface area contributed by atoms with Gasteiger partial charge in [-0.25, -0.2) is 9.67 Å². The molecule has 0 spiro atoms. The molecule has 1 aliphatic rings. The standard InChI is InChI=1S/C7H10BN4O7P/c8-20(16,17)19-7-3(14)2(13)6(18-7)12-1-10-5(11-12)4(9)15/h1-3,6-7,13-14H,(H2,9,15)(H,16,17). The fourth-order valence-electron chi connectivity index (χ4n) is 1.59. The minimum atomic E-state index is -4.42. The van der Waals surface area contributed by atoms with Crippen molar-refractivity contribution in [3.05, 3.63) is 12.2 Å². The third kappa shape index (κ3) is 3.06. The molecule has 1 saturated heterocycles. The lowest BCUT2D eigenvalue weighted by Crippen LogP contribution is -2.32. The van der Waals surface area contributed by atoms with Crippen LogP contribution in [0, 0.1) is 0 Å². The van der Waals surface area contributed by atoms with Crippen molar-refractivity contribution in [1.29, 1.82) is 0 Å². The molecule has 5 atom stereocenters. The van der Waals surface area contributed by atoms with Crippen LogP contribution in [0.15, 0.2) is 6.33 Å². The molecule has 1 aliphatic heterocycles. The lowest BCUT2D eigenvalue weighted by atomic mass is 10.2. The molecule has 20 heavy (non-hydrogen) atoms. The summed E-state index contributed by atoms with van der Waals surface area (Å²) in [5, 5.41) is 23.0. The number of carbonyl (C=O) groups is 1. The number of carbonyl (C=O) groups excluding carboxylic acids is 1. The molecule has 2 radical (unpaired) electrons. The van der Waals surface area contributed by atoms with E-state index in [1.807, 2.05) is 0 Å². The highest BCUT2D eigenvalue weighted by Gasteiger charge is 2.46. The van der Waals surface area contributed by atoms with Crippen LogP contribution in [0.4, 0.5) is 0 Å². The van der Waals surface area contributed by atoms with Crippen LogP contribution in [0.1, 0.15) is 16.8 Å². The van der Waals surface area contributed by atoms with E-state index in [9.17, 15) is 19.6 Å². The summed E-state index contributed by atoms with van der Waals surface area (Å²) in [5.41, 5.74) is 4.96. The predicted octanol–water partition coefficient (Wildman–Crippen LogP) is -2.76. The summed E-state index contributed by atoms with van der Waals surface area (Å²) in [6.45, 7) is 0. The molecule has 1 aromatic rings. The summed E-state index contributed by atoms with van der Waals surface area (Å²) in [6.07, 6.45) is -5.09. The first-order valence-corrected chi connectivity index (χ1v) is 6.86. The van der Waals surface area contributed by atoms with E-state index in [0.717, 1.165) is 11.0 Å². The van der Waals surface area contributed by atoms with Crippen LogP contribution >= 0.6 is 7.47 Å². The molecule has 5 unspecified atom stereocenters. The molecule has 2 rings (SSSR count). The van der Waals surface area contributed by atoms with Gasteiger partial charge in [-0.05, 0) is 0 Å². The second kappa shape index (κ2) is 5.24. The molecule has 1 amide bonds. The van der Waals surface area contributed by atoms with Crippen LogP contribution < -0.4 is 5.73 Å². The fourth-order valence-corrected chi connectivity index (χ4v) is 2.07. The number of primary amides is 1. The average Bonchev–Trinajstić information content (AvgIpc) is 2.88. The van der Waals surface area contributed by atoms with Gasteiger partial charge < -0.3 is 25.6 Å². The summed E-state index contributed by atoms with van der Waals surface area (Å²) in [6, 6.07) is 0. The van der Waals surface area contributed by atoms with Crippen molar-refractivity contribution in [1.82, 2.24) is 14.8 Å². The molecule has 0 saturated carbocycles. The molecule has 13 heteroatoms. The Bertz CT molecular complexity index is 561. The summed E-state index contributed by atoms with van der Waals surface area (Å²) in [7, 11) is 0.348. The highest BCUT2D eigenvalue weighted by Crippen LogP contribution is 2.42. The first-order chi connectivity index (χ1) is 9.19. The van der Waals surface area contributed by atoms with Crippen molar-refractivity contribution in [2.24, 2.45) is 5.73 Å². The third-order valence-corrected chi connectivity index (χ3v) is 2.95. The quantitative estimate of drug-likeness (QED) is 0.339. The number of hydrogen-bond donors (Lipinski definition) is 4. The van der Waals surface area contributed by atoms with Crippen LogP contribution in [-0.2, 0) is 13.8 Å². The Kier molecular flexibility index (Phi) is 3.96. The van der Waals surface area contributed by atoms with Crippen molar-refractivity contribution >= 4 is 20.9 Å². The highest BCUT2D eigenvalue weighted by molar-refractivity contribution is 7.78. The van der Waals surface area contributed by atoms with E-state index in [1.165, 1.54) is 0 Å². The SMILES string of the molecule is [B]P(=O)(O)OC1OC(n2cnc(C(N)=O)n2)C(O)C1O. The second-order valence-corrected chi connectivity index (χ2v) is 5.30. The van der Waals surface area contributed by atoms with E-state index >= 15 is 0 Å². The number of aromatic nitrogens is 3. The molecule has 0 aromatic carbocycles. The number of nitrogens with two attached hydrogens (primary N) is 1. The van der Waals surface area contributed by atoms with Gasteiger partial charge in [-0.1, -0.05) is 0 Å². The molecular weight excluding hydrogens is 294 g/mol. The Morgan fingerprint density at radius 1 is 1.55 bits per heavy atom. The van der Waals surface area contributed by atoms with Gasteiger partial charge in [0.15, 0.2) is 12.5 Å². The van der Waals surface area contributed by atoms with Crippen LogP contribution in [-0.4, -0.2) is 61.8 Å². The zero-order chi connectivity index (χ0) is 15.1. The molecule has 1 aromatic heterocycles. The molecule has 2 heterocycles. The smallest absolute Gasteiger partial charge is 0.288 e. The maximum atomic E-state index is 10.9. The molecule has 108 valence electrons. The first kappa shape index (κ1) is 15.1. The van der Waals surface area contributed by atoms with Crippen LogP contribution in [0.2, 0.25) is 0 Å². The van der Waals surface area contributed by atoms with Gasteiger partial charge >= 0.3 is 0 Å². The van der Waals surface area contributed by atoms with Gasteiger partial charge in [-0.3, -0.25) is 13.9 Å². The van der Waals surface area contributed by atoms with E-state index in [0.29, 0.717) is 0 Å². The molecule has 0 aliphatic carbocycles. The van der Waals surface area contributed by atoms with Gasteiger partial charge in [0.05, 0.1) is 0 Å². The minimum Gasteiger partial charge on any atom is -0.385 e. The number of nitrogens with zero attached hydrogens (tertiary/aromatic N) is 3. The average molecular weight is 304 g/mol. The number of ether oxygens (including phenoxy) is 1. The Hall–Kier alpha value is -1.30. The third-order valence-electron chi connectivity index (χ3n) is 2.44. The number of rotatable bonds is 4. The highest BCUT2D eigenvalue weighted by atomic mass is 31.2. The van der Waals surface area contributed by atoms with Gasteiger partial charge in [-0.2, -0.15) is 0 Å². The maximum absolute atomic E-state index is 10.9. The van der Waals surface area contributed by atoms with Gasteiger partial charge in [0, 0.05) is 0 Å². The Morgan fingerprint density at radius 3 is 2.70 bits per heavy atom. The number of hydrogen-bond acceptors (Lipinski definition) is 8. The Morgan fingerprint density at radius 2 is 2.20 bits per heavy atom. The van der Waals surface area contributed by atoms with Crippen molar-refractivity contribution < 1.29 is 33.7 Å². The van der Waals surface area contributed by atoms with Gasteiger partial charge in [0.1, 0.15) is 18.5 Å². The molecular formula is C7H10BN4O7P. The number of amides is 1. The van der Waals surface area contributed by atoms with Gasteiger partial charge in [0.2, 0.25) is 13.4 Å². The lowest BCUT2D eigenvalue weighted by Gasteiger charge is -2.17. The van der Waals surface area contributed by atoms with E-state index < -0.39 is 38.1 Å². The van der Waals surface area contributed by atoms with E-state index in [1.54, 1.807) is 0 Å². The van der Waals surface area contributed by atoms with E-state index in [-0.39, 0.29) is 5.82 Å². The van der Waals surface area contributed by atoms with Crippen LogP contribution in [0.3, 0.4) is 0 Å². The van der Waals surface area contributed by atoms with E-state index in [4.69, 9.17) is 22.9 Å². The van der Waals surface area contributed by atoms with Crippen molar-refractivity contribution in [2.45, 2.75) is 24.7 Å². The fraction of sp³-hybridized carbons (Fsp3) is 0.571. The van der Waals surface area contributed by atoms with Crippen molar-refractivity contribution in [3.63, 3.8) is 0 Å². The molecule has 5 N–H and O–H groups in total. The number of aliphatic hydroxyl groups is 2. The number of aliphatic hydroxyl groups excluding tert-OH is 2. The van der Waals surface area contributed by atoms with Crippen LogP contribution in [0.25, 0.3) is 0 Å². The van der Waals surface area contributed by atoms with Crippen molar-refractivity contribution in [3.8, 4) is 0 Å². The Balaban J connectivity index is 2.17. The van der Waals surface area contributed by atoms with Gasteiger partial charge in [0.25, 0.3) is 13.4 Å². The zero-order valence-electron chi connectivity index (χ0n) is 9.80. The summed E-state index contributed by atoms with van der Waals surface area (Å²) < 4.78 is 21.2. The Labute approximate surface area is 113 Å². The first-order valence-electron chi connectivity index (χ1n) is 5.21. The topological polar surface area (TPSA) is 170 Å². The molecule has 1 fully saturated rings. The van der Waals surface area contributed by atoms with Crippen LogP contribution in [0.5, 0.6) is 0 Å². The molecule has 11 nitrogen and oxygen atoms in total. The summed E-state index contributed by atoms with van der Waals surface area (Å²) in [4.78, 5) is 23.3. The normalized spacial score (nSPS) is 33.0. The summed E-state index contributed by atoms with van der Waals surface area (Å²) >= 11 is 0. The van der Waals surface area contributed by atoms with Gasteiger partial charge in [-0.15, -0.1) is 5.10 Å². The van der Waals surface area contributed by atoms with Crippen molar-refractivity contribution in [2.75, 3.05) is 0 Å².